The van der Waals surface area contributed by atoms with Gasteiger partial charge in [0.15, 0.2) is 0 Å². The lowest BCUT2D eigenvalue weighted by molar-refractivity contribution is -0.142. The maximum atomic E-state index is 12.1. The molecule has 0 radical (unpaired) electrons. The Morgan fingerprint density at radius 1 is 1.41 bits per heavy atom. The Hall–Kier alpha value is -2.19. The lowest BCUT2D eigenvalue weighted by Crippen LogP contribution is -2.17. The smallest absolute Gasteiger partial charge is 0.408 e. The van der Waals surface area contributed by atoms with E-state index in [1.165, 1.54) is 0 Å². The zero-order valence-electron chi connectivity index (χ0n) is 8.18. The van der Waals surface area contributed by atoms with Crippen molar-refractivity contribution in [1.82, 2.24) is 20.0 Å². The van der Waals surface area contributed by atoms with Gasteiger partial charge in [0.25, 0.3) is 11.8 Å². The van der Waals surface area contributed by atoms with E-state index in [0.717, 1.165) is 12.4 Å². The van der Waals surface area contributed by atoms with Gasteiger partial charge in [-0.1, -0.05) is 0 Å². The molecule has 0 saturated heterocycles. The molecule has 0 N–H and O–H groups in total. The van der Waals surface area contributed by atoms with Gasteiger partial charge in [-0.3, -0.25) is 9.48 Å². The Kier molecular flexibility index (Phi) is 2.66. The van der Waals surface area contributed by atoms with Crippen LogP contribution < -0.4 is 0 Å². The van der Waals surface area contributed by atoms with Crippen molar-refractivity contribution < 1.29 is 22.4 Å². The number of carbonyl (C=O) groups is 1. The Labute approximate surface area is 92.1 Å². The molecule has 0 amide bonds. The Balaban J connectivity index is 2.20. The Morgan fingerprint density at radius 3 is 2.76 bits per heavy atom. The molecule has 0 fully saturated rings. The molecule has 0 bridgehead atoms. The monoisotopic (exact) mass is 246 g/mol. The summed E-state index contributed by atoms with van der Waals surface area (Å²) in [6, 6.07) is 0. The molecule has 0 aliphatic carbocycles. The number of alkyl halides is 3. The number of carbonyl (C=O) groups excluding carboxylic acids is 1. The highest BCUT2D eigenvalue weighted by atomic mass is 19.4. The topological polar surface area (TPSA) is 73.8 Å². The molecule has 0 unspecified atom stereocenters. The van der Waals surface area contributed by atoms with Crippen LogP contribution in [0.3, 0.4) is 0 Å². The van der Waals surface area contributed by atoms with Gasteiger partial charge in [-0.25, -0.2) is 0 Å². The van der Waals surface area contributed by atoms with E-state index in [1.54, 1.807) is 0 Å². The van der Waals surface area contributed by atoms with Crippen LogP contribution in [-0.2, 0) is 6.54 Å². The van der Waals surface area contributed by atoms with Gasteiger partial charge in [-0.15, -0.1) is 10.2 Å². The summed E-state index contributed by atoms with van der Waals surface area (Å²) >= 11 is 0. The Morgan fingerprint density at radius 2 is 2.18 bits per heavy atom. The van der Waals surface area contributed by atoms with Crippen molar-refractivity contribution in [2.24, 2.45) is 0 Å². The summed E-state index contributed by atoms with van der Waals surface area (Å²) in [6.07, 6.45) is -1.76. The summed E-state index contributed by atoms with van der Waals surface area (Å²) in [5, 5.41) is 10.3. The largest absolute Gasteiger partial charge is 0.414 e. The van der Waals surface area contributed by atoms with E-state index in [9.17, 15) is 18.0 Å². The first-order valence-electron chi connectivity index (χ1n) is 4.36. The summed E-state index contributed by atoms with van der Waals surface area (Å²) in [5.74, 6) is -0.302. The minimum Gasteiger partial charge on any atom is -0.414 e. The summed E-state index contributed by atoms with van der Waals surface area (Å²) in [4.78, 5) is 10.3. The molecule has 0 aliphatic heterocycles. The highest BCUT2D eigenvalue weighted by Crippen LogP contribution is 2.20. The molecule has 2 aromatic rings. The van der Waals surface area contributed by atoms with Crippen molar-refractivity contribution in [3.8, 4) is 11.5 Å². The van der Waals surface area contributed by atoms with Gasteiger partial charge in [0.05, 0.1) is 11.8 Å². The SMILES string of the molecule is O=Cc1nnc(-c2cnn(CC(F)(F)F)c2)o1. The number of hydrogen-bond acceptors (Lipinski definition) is 5. The van der Waals surface area contributed by atoms with E-state index in [4.69, 9.17) is 4.42 Å². The molecule has 0 saturated carbocycles. The van der Waals surface area contributed by atoms with Crippen LogP contribution >= 0.6 is 0 Å². The molecule has 0 aromatic carbocycles. The lowest BCUT2D eigenvalue weighted by Gasteiger charge is -2.04. The number of aromatic nitrogens is 4. The number of aldehydes is 1. The molecule has 0 aliphatic rings. The Bertz CT molecular complexity index is 531. The van der Waals surface area contributed by atoms with E-state index >= 15 is 0 Å². The van der Waals surface area contributed by atoms with Gasteiger partial charge in [-0.2, -0.15) is 18.3 Å². The number of halogens is 3. The van der Waals surface area contributed by atoms with Crippen molar-refractivity contribution in [1.29, 1.82) is 0 Å². The molecule has 0 atom stereocenters. The quantitative estimate of drug-likeness (QED) is 0.763. The van der Waals surface area contributed by atoms with Crippen LogP contribution in [0.4, 0.5) is 13.2 Å². The molecule has 6 nitrogen and oxygen atoms in total. The molecule has 9 heteroatoms. The normalized spacial score (nSPS) is 11.7. The maximum absolute atomic E-state index is 12.1. The molecule has 90 valence electrons. The minimum absolute atomic E-state index is 0.0551. The van der Waals surface area contributed by atoms with Crippen LogP contribution in [0.15, 0.2) is 16.8 Å². The van der Waals surface area contributed by atoms with E-state index < -0.39 is 12.7 Å². The van der Waals surface area contributed by atoms with Gasteiger partial charge in [0.2, 0.25) is 6.29 Å². The molecule has 2 rings (SSSR count). The van der Waals surface area contributed by atoms with Gasteiger partial charge < -0.3 is 4.42 Å². The molecule has 17 heavy (non-hydrogen) atoms. The standard InChI is InChI=1S/C8H5F3N4O2/c9-8(10,11)4-15-2-5(1-12-15)7-14-13-6(3-16)17-7/h1-3H,4H2. The molecule has 0 spiro atoms. The van der Waals surface area contributed by atoms with Crippen molar-refractivity contribution in [3.05, 3.63) is 18.3 Å². The van der Waals surface area contributed by atoms with Gasteiger partial charge in [0.1, 0.15) is 6.54 Å². The second kappa shape index (κ2) is 4.00. The van der Waals surface area contributed by atoms with Gasteiger partial charge in [0, 0.05) is 6.20 Å². The van der Waals surface area contributed by atoms with Crippen LogP contribution in [-0.4, -0.2) is 32.4 Å². The van der Waals surface area contributed by atoms with Crippen LogP contribution in [0.5, 0.6) is 0 Å². The van der Waals surface area contributed by atoms with Gasteiger partial charge >= 0.3 is 6.18 Å². The summed E-state index contributed by atoms with van der Waals surface area (Å²) in [7, 11) is 0. The number of hydrogen-bond donors (Lipinski definition) is 0. The van der Waals surface area contributed by atoms with E-state index in [2.05, 4.69) is 15.3 Å². The highest BCUT2D eigenvalue weighted by Gasteiger charge is 2.28. The molecule has 2 heterocycles. The van der Waals surface area contributed by atoms with Crippen LogP contribution in [0.25, 0.3) is 11.5 Å². The zero-order chi connectivity index (χ0) is 12.5. The van der Waals surface area contributed by atoms with Crippen LogP contribution in [0.2, 0.25) is 0 Å². The zero-order valence-corrected chi connectivity index (χ0v) is 8.18. The van der Waals surface area contributed by atoms with Crippen LogP contribution in [0, 0.1) is 0 Å². The second-order valence-corrected chi connectivity index (χ2v) is 3.11. The molecular weight excluding hydrogens is 241 g/mol. The lowest BCUT2D eigenvalue weighted by atomic mass is 10.4. The van der Waals surface area contributed by atoms with Crippen LogP contribution in [0.1, 0.15) is 10.7 Å². The average Bonchev–Trinajstić information content (AvgIpc) is 2.82. The fraction of sp³-hybridized carbons (Fsp3) is 0.250. The third-order valence-corrected chi connectivity index (χ3v) is 1.76. The average molecular weight is 246 g/mol. The third-order valence-electron chi connectivity index (χ3n) is 1.76. The first kappa shape index (κ1) is 11.3. The number of nitrogens with zero attached hydrogens (tertiary/aromatic N) is 4. The predicted octanol–water partition coefficient (Wildman–Crippen LogP) is 1.31. The first-order valence-corrected chi connectivity index (χ1v) is 4.36. The predicted molar refractivity (Wildman–Crippen MR) is 47.0 cm³/mol. The van der Waals surface area contributed by atoms with Gasteiger partial charge in [-0.05, 0) is 0 Å². The molecule has 2 aromatic heterocycles. The summed E-state index contributed by atoms with van der Waals surface area (Å²) < 4.78 is 41.7. The van der Waals surface area contributed by atoms with Crippen molar-refractivity contribution in [2.75, 3.05) is 0 Å². The van der Waals surface area contributed by atoms with Crippen molar-refractivity contribution in [2.45, 2.75) is 12.7 Å². The fourth-order valence-electron chi connectivity index (χ4n) is 1.14. The van der Waals surface area contributed by atoms with Crippen molar-refractivity contribution >= 4 is 6.29 Å². The maximum Gasteiger partial charge on any atom is 0.408 e. The minimum atomic E-state index is -4.36. The molecular formula is C8H5F3N4O2. The third kappa shape index (κ3) is 2.68. The fourth-order valence-corrected chi connectivity index (χ4v) is 1.14. The summed E-state index contributed by atoms with van der Waals surface area (Å²) in [6.45, 7) is -1.21. The number of rotatable bonds is 3. The summed E-state index contributed by atoms with van der Waals surface area (Å²) in [5.41, 5.74) is 0.217. The van der Waals surface area contributed by atoms with E-state index in [0.29, 0.717) is 11.0 Å². The first-order chi connectivity index (χ1) is 7.98. The van der Waals surface area contributed by atoms with Crippen molar-refractivity contribution in [3.63, 3.8) is 0 Å². The van der Waals surface area contributed by atoms with E-state index in [1.807, 2.05) is 0 Å². The highest BCUT2D eigenvalue weighted by molar-refractivity contribution is 5.67. The second-order valence-electron chi connectivity index (χ2n) is 3.11. The van der Waals surface area contributed by atoms with E-state index in [-0.39, 0.29) is 17.3 Å².